The minimum absolute atomic E-state index is 0.0447. The Bertz CT molecular complexity index is 986. The van der Waals surface area contributed by atoms with E-state index in [9.17, 15) is 19.0 Å². The Hall–Kier alpha value is -1.77. The predicted octanol–water partition coefficient (Wildman–Crippen LogP) is 12.6. The molecule has 0 aliphatic heterocycles. The molecule has 316 valence electrons. The van der Waals surface area contributed by atoms with E-state index in [1.807, 2.05) is 12.2 Å². The Balaban J connectivity index is 4.23. The molecule has 2 unspecified atom stereocenters. The van der Waals surface area contributed by atoms with E-state index in [1.54, 1.807) is 0 Å². The molecule has 0 aromatic heterocycles. The van der Waals surface area contributed by atoms with E-state index in [-0.39, 0.29) is 32.6 Å². The molecule has 0 aliphatic rings. The first-order valence-electron chi connectivity index (χ1n) is 22.0. The van der Waals surface area contributed by atoms with Crippen LogP contribution in [0.1, 0.15) is 200 Å². The van der Waals surface area contributed by atoms with E-state index in [1.165, 1.54) is 128 Å². The predicted molar refractivity (Wildman–Crippen MR) is 224 cm³/mol. The van der Waals surface area contributed by atoms with Crippen LogP contribution in [0, 0.1) is 0 Å². The number of carbonyl (C=O) groups is 2. The van der Waals surface area contributed by atoms with Crippen molar-refractivity contribution in [3.05, 3.63) is 36.5 Å². The van der Waals surface area contributed by atoms with Gasteiger partial charge in [0.25, 0.3) is 0 Å². The number of rotatable bonds is 41. The van der Waals surface area contributed by atoms with Crippen LogP contribution in [0.5, 0.6) is 0 Å². The van der Waals surface area contributed by atoms with Crippen LogP contribution < -0.4 is 5.73 Å². The van der Waals surface area contributed by atoms with Gasteiger partial charge in [-0.25, -0.2) is 4.57 Å². The zero-order valence-corrected chi connectivity index (χ0v) is 35.6. The minimum Gasteiger partial charge on any atom is -0.462 e. The second kappa shape index (κ2) is 40.9. The molecule has 0 aromatic carbocycles. The number of hydrogen-bond acceptors (Lipinski definition) is 8. The number of ether oxygens (including phenoxy) is 2. The number of hydrogen-bond donors (Lipinski definition) is 2. The van der Waals surface area contributed by atoms with Gasteiger partial charge in [0.05, 0.1) is 13.2 Å². The van der Waals surface area contributed by atoms with Gasteiger partial charge in [-0.1, -0.05) is 185 Å². The average molecular weight is 784 g/mol. The summed E-state index contributed by atoms with van der Waals surface area (Å²) in [6.45, 7) is 3.67. The van der Waals surface area contributed by atoms with Crippen LogP contribution in [0.3, 0.4) is 0 Å². The van der Waals surface area contributed by atoms with Crippen LogP contribution in [0.25, 0.3) is 0 Å². The highest BCUT2D eigenvalue weighted by molar-refractivity contribution is 7.47. The Morgan fingerprint density at radius 3 is 1.50 bits per heavy atom. The van der Waals surface area contributed by atoms with Gasteiger partial charge in [0, 0.05) is 19.4 Å². The van der Waals surface area contributed by atoms with Crippen molar-refractivity contribution in [2.75, 3.05) is 26.4 Å². The molecule has 10 heteroatoms. The van der Waals surface area contributed by atoms with Gasteiger partial charge in [0.2, 0.25) is 0 Å². The van der Waals surface area contributed by atoms with Crippen LogP contribution in [0.4, 0.5) is 0 Å². The number of esters is 2. The Morgan fingerprint density at radius 2 is 1.00 bits per heavy atom. The molecule has 2 atom stereocenters. The van der Waals surface area contributed by atoms with Crippen molar-refractivity contribution in [1.82, 2.24) is 0 Å². The van der Waals surface area contributed by atoms with Crippen LogP contribution in [0.2, 0.25) is 0 Å². The molecule has 0 heterocycles. The maximum atomic E-state index is 12.5. The highest BCUT2D eigenvalue weighted by Crippen LogP contribution is 2.43. The molecular formula is C44H82NO8P. The molecule has 54 heavy (non-hydrogen) atoms. The summed E-state index contributed by atoms with van der Waals surface area (Å²) in [6.07, 6.45) is 44.8. The minimum atomic E-state index is -4.39. The van der Waals surface area contributed by atoms with Gasteiger partial charge in [0.1, 0.15) is 6.61 Å². The molecule has 0 bridgehead atoms. The van der Waals surface area contributed by atoms with Gasteiger partial charge >= 0.3 is 19.8 Å². The number of phosphoric ester groups is 1. The first kappa shape index (κ1) is 52.2. The number of phosphoric acid groups is 1. The molecule has 0 saturated heterocycles. The number of allylic oxidation sites excluding steroid dienone is 6. The number of nitrogens with two attached hydrogens (primary N) is 1. The highest BCUT2D eigenvalue weighted by Gasteiger charge is 2.25. The lowest BCUT2D eigenvalue weighted by Crippen LogP contribution is -2.29. The first-order valence-corrected chi connectivity index (χ1v) is 23.5. The lowest BCUT2D eigenvalue weighted by Gasteiger charge is -2.19. The molecule has 0 fully saturated rings. The summed E-state index contributed by atoms with van der Waals surface area (Å²) in [5, 5.41) is 0. The fourth-order valence-corrected chi connectivity index (χ4v) is 6.78. The normalized spacial score (nSPS) is 13.6. The Morgan fingerprint density at radius 1 is 0.556 bits per heavy atom. The van der Waals surface area contributed by atoms with Crippen molar-refractivity contribution in [2.24, 2.45) is 5.73 Å². The Kier molecular flexibility index (Phi) is 39.5. The van der Waals surface area contributed by atoms with Gasteiger partial charge in [-0.15, -0.1) is 0 Å². The van der Waals surface area contributed by atoms with Crippen LogP contribution in [-0.4, -0.2) is 49.3 Å². The summed E-state index contributed by atoms with van der Waals surface area (Å²) >= 11 is 0. The first-order chi connectivity index (χ1) is 26.3. The summed E-state index contributed by atoms with van der Waals surface area (Å²) in [6, 6.07) is 0. The van der Waals surface area contributed by atoms with Crippen LogP contribution in [-0.2, 0) is 32.7 Å². The van der Waals surface area contributed by atoms with E-state index in [0.717, 1.165) is 38.5 Å². The van der Waals surface area contributed by atoms with E-state index in [0.29, 0.717) is 6.42 Å². The maximum Gasteiger partial charge on any atom is 0.472 e. The SMILES string of the molecule is CCCCCCCCCC=CCC=CCC=CCCC(=O)OC(COC(=O)CCCCCCCCCCCCCCCCCC)COP(=O)(O)OCCN. The molecule has 3 N–H and O–H groups in total. The number of unbranched alkanes of at least 4 members (excludes halogenated alkanes) is 22. The van der Waals surface area contributed by atoms with Crippen LogP contribution in [0.15, 0.2) is 36.5 Å². The Labute approximate surface area is 331 Å². The van der Waals surface area contributed by atoms with Gasteiger partial charge in [-0.2, -0.15) is 0 Å². The summed E-state index contributed by atoms with van der Waals surface area (Å²) in [5.41, 5.74) is 5.34. The third kappa shape index (κ3) is 39.9. The maximum absolute atomic E-state index is 12.5. The van der Waals surface area contributed by atoms with E-state index in [4.69, 9.17) is 24.3 Å². The van der Waals surface area contributed by atoms with Gasteiger partial charge in [0.15, 0.2) is 6.10 Å². The molecular weight excluding hydrogens is 701 g/mol. The summed E-state index contributed by atoms with van der Waals surface area (Å²) < 4.78 is 32.7. The quantitative estimate of drug-likeness (QED) is 0.0269. The smallest absolute Gasteiger partial charge is 0.462 e. The van der Waals surface area contributed by atoms with Crippen molar-refractivity contribution in [3.63, 3.8) is 0 Å². The van der Waals surface area contributed by atoms with Crippen molar-refractivity contribution >= 4 is 19.8 Å². The second-order valence-electron chi connectivity index (χ2n) is 14.6. The molecule has 0 saturated carbocycles. The lowest BCUT2D eigenvalue weighted by molar-refractivity contribution is -0.161. The third-order valence-electron chi connectivity index (χ3n) is 9.29. The summed E-state index contributed by atoms with van der Waals surface area (Å²) in [5.74, 6) is -0.910. The van der Waals surface area contributed by atoms with E-state index in [2.05, 4.69) is 38.2 Å². The zero-order valence-electron chi connectivity index (χ0n) is 34.7. The van der Waals surface area contributed by atoms with Gasteiger partial charge in [-0.05, 0) is 38.5 Å². The molecule has 0 spiro atoms. The molecule has 0 aliphatic carbocycles. The number of carbonyl (C=O) groups excluding carboxylic acids is 2. The van der Waals surface area contributed by atoms with Crippen LogP contribution >= 0.6 is 7.82 Å². The fourth-order valence-electron chi connectivity index (χ4n) is 6.02. The zero-order chi connectivity index (χ0) is 39.6. The van der Waals surface area contributed by atoms with Gasteiger partial charge in [-0.3, -0.25) is 18.6 Å². The molecule has 0 radical (unpaired) electrons. The average Bonchev–Trinajstić information content (AvgIpc) is 3.16. The molecule has 0 aromatic rings. The van der Waals surface area contributed by atoms with Crippen molar-refractivity contribution < 1.29 is 37.6 Å². The molecule has 0 amide bonds. The van der Waals surface area contributed by atoms with E-state index >= 15 is 0 Å². The topological polar surface area (TPSA) is 134 Å². The lowest BCUT2D eigenvalue weighted by atomic mass is 10.0. The second-order valence-corrected chi connectivity index (χ2v) is 16.0. The molecule has 0 rings (SSSR count). The van der Waals surface area contributed by atoms with Gasteiger partial charge < -0.3 is 20.1 Å². The van der Waals surface area contributed by atoms with Crippen molar-refractivity contribution in [1.29, 1.82) is 0 Å². The monoisotopic (exact) mass is 784 g/mol. The fraction of sp³-hybridized carbons (Fsp3) is 0.818. The van der Waals surface area contributed by atoms with E-state index < -0.39 is 32.5 Å². The van der Waals surface area contributed by atoms with Crippen molar-refractivity contribution in [3.8, 4) is 0 Å². The summed E-state index contributed by atoms with van der Waals surface area (Å²) in [4.78, 5) is 34.8. The highest BCUT2D eigenvalue weighted by atomic mass is 31.2. The molecule has 9 nitrogen and oxygen atoms in total. The summed E-state index contributed by atoms with van der Waals surface area (Å²) in [7, 11) is -4.39. The largest absolute Gasteiger partial charge is 0.472 e. The third-order valence-corrected chi connectivity index (χ3v) is 10.3. The standard InChI is InChI=1S/C44H82NO8P/c1-3-5-7-9-11-13-15-17-19-21-23-25-27-29-31-33-35-37-44(47)53-42(41-52-54(48,49)51-39-38-45)40-50-43(46)36-34-32-30-28-26-24-22-20-18-16-14-12-10-8-6-4-2/h19,21,25,27,31,33,42H,3-18,20,22-24,26,28-30,32,34-41,45H2,1-2H3,(H,48,49). The van der Waals surface area contributed by atoms with Crippen molar-refractivity contribution in [2.45, 2.75) is 206 Å².